The first kappa shape index (κ1) is 17.2. The summed E-state index contributed by atoms with van der Waals surface area (Å²) >= 11 is 12.1. The van der Waals surface area contributed by atoms with E-state index in [9.17, 15) is 0 Å². The molecule has 5 heteroatoms. The first-order valence-electron chi connectivity index (χ1n) is 8.50. The van der Waals surface area contributed by atoms with Crippen molar-refractivity contribution in [2.24, 2.45) is 0 Å². The van der Waals surface area contributed by atoms with Crippen LogP contribution in [0.4, 0.5) is 0 Å². The molecule has 0 spiro atoms. The van der Waals surface area contributed by atoms with Crippen LogP contribution in [0, 0.1) is 0 Å². The van der Waals surface area contributed by atoms with Crippen LogP contribution in [0.15, 0.2) is 65.2 Å². The molecule has 26 heavy (non-hydrogen) atoms. The standard InChI is InChI=1S/C21H18Cl2N2O/c22-16-9-15(10-17(23)11-16)21-6-5-18(26-21)13-24-8-7-14-12-25-20-4-2-1-3-19(14)20/h1-6,9-12,24-25H,7-8,13H2. The van der Waals surface area contributed by atoms with Crippen molar-refractivity contribution < 1.29 is 4.42 Å². The van der Waals surface area contributed by atoms with Gasteiger partial charge in [0.15, 0.2) is 0 Å². The number of hydrogen-bond acceptors (Lipinski definition) is 2. The Morgan fingerprint density at radius 3 is 2.62 bits per heavy atom. The Bertz CT molecular complexity index is 1020. The zero-order valence-corrected chi connectivity index (χ0v) is 15.6. The lowest BCUT2D eigenvalue weighted by Gasteiger charge is -2.03. The average molecular weight is 385 g/mol. The molecule has 132 valence electrons. The van der Waals surface area contributed by atoms with E-state index in [0.717, 1.165) is 30.0 Å². The number of furan rings is 1. The molecular formula is C21H18Cl2N2O. The highest BCUT2D eigenvalue weighted by Gasteiger charge is 2.07. The fourth-order valence-electron chi connectivity index (χ4n) is 3.10. The third-order valence-corrected chi connectivity index (χ3v) is 4.79. The van der Waals surface area contributed by atoms with E-state index in [2.05, 4.69) is 34.7 Å². The summed E-state index contributed by atoms with van der Waals surface area (Å²) in [6, 6.07) is 17.7. The molecule has 0 aliphatic carbocycles. The summed E-state index contributed by atoms with van der Waals surface area (Å²) in [7, 11) is 0. The van der Waals surface area contributed by atoms with E-state index in [1.165, 1.54) is 16.5 Å². The molecule has 0 aliphatic rings. The molecule has 2 heterocycles. The van der Waals surface area contributed by atoms with E-state index >= 15 is 0 Å². The number of nitrogens with one attached hydrogen (secondary N) is 2. The highest BCUT2D eigenvalue weighted by Crippen LogP contribution is 2.28. The molecule has 2 aromatic carbocycles. The normalized spacial score (nSPS) is 11.3. The lowest BCUT2D eigenvalue weighted by molar-refractivity contribution is 0.495. The fraction of sp³-hybridized carbons (Fsp3) is 0.143. The van der Waals surface area contributed by atoms with Gasteiger partial charge in [0.05, 0.1) is 6.54 Å². The Balaban J connectivity index is 1.35. The Morgan fingerprint density at radius 2 is 1.77 bits per heavy atom. The van der Waals surface area contributed by atoms with Crippen LogP contribution >= 0.6 is 23.2 Å². The molecule has 2 N–H and O–H groups in total. The maximum Gasteiger partial charge on any atom is 0.134 e. The first-order valence-corrected chi connectivity index (χ1v) is 9.25. The Hall–Kier alpha value is -2.20. The molecule has 0 radical (unpaired) electrons. The van der Waals surface area contributed by atoms with Gasteiger partial charge in [-0.25, -0.2) is 0 Å². The summed E-state index contributed by atoms with van der Waals surface area (Å²) in [4.78, 5) is 3.31. The summed E-state index contributed by atoms with van der Waals surface area (Å²) < 4.78 is 5.90. The van der Waals surface area contributed by atoms with Gasteiger partial charge in [-0.05, 0) is 54.9 Å². The quantitative estimate of drug-likeness (QED) is 0.396. The summed E-state index contributed by atoms with van der Waals surface area (Å²) in [6.45, 7) is 1.55. The van der Waals surface area contributed by atoms with E-state index in [-0.39, 0.29) is 0 Å². The van der Waals surface area contributed by atoms with Crippen LogP contribution in [-0.2, 0) is 13.0 Å². The molecule has 0 aliphatic heterocycles. The van der Waals surface area contributed by atoms with Crippen molar-refractivity contribution in [3.05, 3.63) is 82.2 Å². The maximum atomic E-state index is 6.06. The Morgan fingerprint density at radius 1 is 0.962 bits per heavy atom. The predicted octanol–water partition coefficient (Wildman–Crippen LogP) is 6.07. The van der Waals surface area contributed by atoms with Crippen molar-refractivity contribution in [2.45, 2.75) is 13.0 Å². The molecule has 0 bridgehead atoms. The molecule has 0 saturated carbocycles. The smallest absolute Gasteiger partial charge is 0.134 e. The second-order valence-electron chi connectivity index (χ2n) is 6.21. The second-order valence-corrected chi connectivity index (χ2v) is 7.08. The third kappa shape index (κ3) is 3.80. The summed E-state index contributed by atoms with van der Waals surface area (Å²) in [5.74, 6) is 1.65. The Labute approximate surface area is 161 Å². The van der Waals surface area contributed by atoms with Crippen LogP contribution in [0.1, 0.15) is 11.3 Å². The highest BCUT2D eigenvalue weighted by molar-refractivity contribution is 6.35. The molecule has 0 unspecified atom stereocenters. The van der Waals surface area contributed by atoms with Gasteiger partial charge in [-0.2, -0.15) is 0 Å². The molecular weight excluding hydrogens is 367 g/mol. The predicted molar refractivity (Wildman–Crippen MR) is 108 cm³/mol. The van der Waals surface area contributed by atoms with Crippen molar-refractivity contribution in [1.82, 2.24) is 10.3 Å². The molecule has 2 aromatic heterocycles. The average Bonchev–Trinajstić information content (AvgIpc) is 3.25. The minimum absolute atomic E-state index is 0.599. The van der Waals surface area contributed by atoms with Crippen molar-refractivity contribution >= 4 is 34.1 Å². The third-order valence-electron chi connectivity index (χ3n) is 4.35. The van der Waals surface area contributed by atoms with E-state index in [1.54, 1.807) is 6.07 Å². The van der Waals surface area contributed by atoms with E-state index in [1.807, 2.05) is 30.3 Å². The number of para-hydroxylation sites is 1. The molecule has 0 saturated heterocycles. The SMILES string of the molecule is Clc1cc(Cl)cc(-c2ccc(CNCCc3c[nH]c4ccccc34)o2)c1. The van der Waals surface area contributed by atoms with Gasteiger partial charge in [0.2, 0.25) is 0 Å². The van der Waals surface area contributed by atoms with Gasteiger partial charge >= 0.3 is 0 Å². The fourth-order valence-corrected chi connectivity index (χ4v) is 3.62. The molecule has 0 amide bonds. The maximum absolute atomic E-state index is 6.06. The van der Waals surface area contributed by atoms with Crippen LogP contribution < -0.4 is 5.32 Å². The molecule has 3 nitrogen and oxygen atoms in total. The van der Waals surface area contributed by atoms with Gasteiger partial charge in [-0.1, -0.05) is 41.4 Å². The summed E-state index contributed by atoms with van der Waals surface area (Å²) in [5, 5.41) is 5.92. The number of rotatable bonds is 6. The minimum atomic E-state index is 0.599. The zero-order valence-electron chi connectivity index (χ0n) is 14.1. The van der Waals surface area contributed by atoms with Crippen molar-refractivity contribution in [3.63, 3.8) is 0 Å². The van der Waals surface area contributed by atoms with Gasteiger partial charge in [0, 0.05) is 32.7 Å². The topological polar surface area (TPSA) is 41.0 Å². The largest absolute Gasteiger partial charge is 0.460 e. The molecule has 4 aromatic rings. The summed E-state index contributed by atoms with van der Waals surface area (Å²) in [5.41, 5.74) is 3.38. The lowest BCUT2D eigenvalue weighted by atomic mass is 10.1. The number of aromatic nitrogens is 1. The van der Waals surface area contributed by atoms with Crippen molar-refractivity contribution in [3.8, 4) is 11.3 Å². The van der Waals surface area contributed by atoms with E-state index in [0.29, 0.717) is 16.6 Å². The Kier molecular flexibility index (Phi) is 5.02. The van der Waals surface area contributed by atoms with Crippen LogP contribution in [0.25, 0.3) is 22.2 Å². The van der Waals surface area contributed by atoms with Gasteiger partial charge in [-0.15, -0.1) is 0 Å². The van der Waals surface area contributed by atoms with Gasteiger partial charge in [0.25, 0.3) is 0 Å². The number of fused-ring (bicyclic) bond motifs is 1. The number of benzene rings is 2. The number of halogens is 2. The number of aromatic amines is 1. The van der Waals surface area contributed by atoms with E-state index < -0.39 is 0 Å². The summed E-state index contributed by atoms with van der Waals surface area (Å²) in [6.07, 6.45) is 3.04. The first-order chi connectivity index (χ1) is 12.7. The number of hydrogen-bond donors (Lipinski definition) is 2. The zero-order chi connectivity index (χ0) is 17.9. The van der Waals surface area contributed by atoms with Crippen LogP contribution in [0.3, 0.4) is 0 Å². The molecule has 0 atom stereocenters. The van der Waals surface area contributed by atoms with Crippen molar-refractivity contribution in [2.75, 3.05) is 6.54 Å². The van der Waals surface area contributed by atoms with E-state index in [4.69, 9.17) is 27.6 Å². The van der Waals surface area contributed by atoms with Crippen LogP contribution in [0.5, 0.6) is 0 Å². The molecule has 4 rings (SSSR count). The monoisotopic (exact) mass is 384 g/mol. The molecule has 0 fully saturated rings. The number of H-pyrrole nitrogens is 1. The highest BCUT2D eigenvalue weighted by atomic mass is 35.5. The van der Waals surface area contributed by atoms with Crippen LogP contribution in [-0.4, -0.2) is 11.5 Å². The lowest BCUT2D eigenvalue weighted by Crippen LogP contribution is -2.16. The van der Waals surface area contributed by atoms with Crippen LogP contribution in [0.2, 0.25) is 10.0 Å². The van der Waals surface area contributed by atoms with Gasteiger partial charge in [0.1, 0.15) is 11.5 Å². The van der Waals surface area contributed by atoms with Crippen molar-refractivity contribution in [1.29, 1.82) is 0 Å². The minimum Gasteiger partial charge on any atom is -0.460 e. The van der Waals surface area contributed by atoms with Gasteiger partial charge < -0.3 is 14.7 Å². The van der Waals surface area contributed by atoms with Gasteiger partial charge in [-0.3, -0.25) is 0 Å². The second kappa shape index (κ2) is 7.58.